The van der Waals surface area contributed by atoms with Crippen molar-refractivity contribution in [1.29, 1.82) is 0 Å². The molecule has 9 aromatic carbocycles. The summed E-state index contributed by atoms with van der Waals surface area (Å²) in [4.78, 5) is 5.91. The Morgan fingerprint density at radius 2 is 0.933 bits per heavy atom. The van der Waals surface area contributed by atoms with Gasteiger partial charge < -0.3 is 23.5 Å². The van der Waals surface area contributed by atoms with Gasteiger partial charge in [-0.05, 0) is 261 Å². The third-order valence-corrected chi connectivity index (χ3v) is 28.3. The van der Waals surface area contributed by atoms with Crippen LogP contribution in [0.1, 0.15) is 144 Å². The van der Waals surface area contributed by atoms with E-state index in [1.165, 1.54) is 172 Å². The van der Waals surface area contributed by atoms with Crippen molar-refractivity contribution in [2.75, 3.05) is 9.80 Å². The van der Waals surface area contributed by atoms with Crippen molar-refractivity contribution < 1.29 is 0 Å². The van der Waals surface area contributed by atoms with Crippen molar-refractivity contribution in [3.05, 3.63) is 383 Å². The van der Waals surface area contributed by atoms with Gasteiger partial charge >= 0.3 is 0 Å². The summed E-state index contributed by atoms with van der Waals surface area (Å²) in [5.41, 5.74) is 36.1. The van der Waals surface area contributed by atoms with E-state index in [9.17, 15) is 0 Å². The van der Waals surface area contributed by atoms with Gasteiger partial charge in [0.1, 0.15) is 0 Å². The second-order valence-electron chi connectivity index (χ2n) is 38.6. The highest BCUT2D eigenvalue weighted by Crippen LogP contribution is 2.55. The van der Waals surface area contributed by atoms with Crippen molar-refractivity contribution >= 4 is 111 Å². The number of rotatable bonds is 11. The van der Waals surface area contributed by atoms with Crippen LogP contribution in [0, 0.1) is 29.1 Å². The molecule has 2 aliphatic heterocycles. The molecule has 12 aromatic rings. The molecule has 6 heteroatoms. The number of benzene rings is 9. The minimum absolute atomic E-state index is 0.0464. The highest BCUT2D eigenvalue weighted by molar-refractivity contribution is 7.00. The molecule has 0 N–H and O–H groups in total. The number of nitrogens with zero attached hydrogens (tertiary/aromatic N) is 5. The fourth-order valence-corrected chi connectivity index (χ4v) is 22.2. The van der Waals surface area contributed by atoms with Gasteiger partial charge in [0.05, 0.1) is 50.5 Å². The maximum Gasteiger partial charge on any atom is 0.252 e. The lowest BCUT2D eigenvalue weighted by atomic mass is 9.33. The Morgan fingerprint density at radius 1 is 0.383 bits per heavy atom. The quantitative estimate of drug-likeness (QED) is 0.120. The van der Waals surface area contributed by atoms with Gasteiger partial charge in [0, 0.05) is 78.3 Å². The van der Waals surface area contributed by atoms with E-state index in [0.29, 0.717) is 11.8 Å². The summed E-state index contributed by atoms with van der Waals surface area (Å²) >= 11 is 0. The molecule has 22 rings (SSSR count). The van der Waals surface area contributed by atoms with Crippen LogP contribution in [0.25, 0.3) is 82.5 Å². The zero-order chi connectivity index (χ0) is 81.0. The molecule has 5 nitrogen and oxygen atoms in total. The molecule has 120 heavy (non-hydrogen) atoms. The number of para-hydroxylation sites is 4. The minimum atomic E-state index is -0.230. The molecule has 10 aliphatic rings. The second-order valence-corrected chi connectivity index (χ2v) is 38.6. The number of anilines is 4. The molecule has 0 saturated carbocycles. The van der Waals surface area contributed by atoms with E-state index < -0.39 is 0 Å². The lowest BCUT2D eigenvalue weighted by Crippen LogP contribution is -2.64. The minimum Gasteiger partial charge on any atom is -0.334 e. The third kappa shape index (κ3) is 12.3. The normalized spacial score (nSPS) is 21.0. The van der Waals surface area contributed by atoms with E-state index >= 15 is 0 Å². The summed E-state index contributed by atoms with van der Waals surface area (Å²) in [6.07, 6.45) is 65.2. The SMILES string of the molecule is CC(C)(C)C1=CC(C2=CCCC=C2)C(N2c3cc(-n4c5ccccc5c5ccccc54)ccc3B3c4ccc(-n5c6ccccc6c6ccccc65)cc4N(C4=C(C5=CC=CC(C6C=CC=CC6)C5)CCC=C4C4C=CC=C(C5=CC=CCC5)C4)c4cc(-n5c6ccc(C(C)(C)C)cc6c6cc(C(C)(C)C)ccc65)cc2c43)C(C2=CC=CCC2)=C1. The van der Waals surface area contributed by atoms with Crippen LogP contribution in [-0.2, 0) is 10.8 Å². The zero-order valence-electron chi connectivity index (χ0n) is 71.0. The van der Waals surface area contributed by atoms with Gasteiger partial charge in [0.25, 0.3) is 6.71 Å². The molecular weight excluding hydrogens is 1450 g/mol. The Hall–Kier alpha value is -12.1. The Kier molecular flexibility index (Phi) is 17.8. The molecule has 5 atom stereocenters. The molecule has 0 radical (unpaired) electrons. The van der Waals surface area contributed by atoms with Gasteiger partial charge in [0.2, 0.25) is 0 Å². The van der Waals surface area contributed by atoms with Crippen LogP contribution in [0.2, 0.25) is 0 Å². The second kappa shape index (κ2) is 28.8. The Bertz CT molecular complexity index is 6740. The highest BCUT2D eigenvalue weighted by atomic mass is 15.2. The molecule has 3 aromatic heterocycles. The number of aromatic nitrogens is 3. The first-order chi connectivity index (χ1) is 58.4. The first kappa shape index (κ1) is 74.2. The van der Waals surface area contributed by atoms with Crippen LogP contribution in [0.15, 0.2) is 372 Å². The van der Waals surface area contributed by atoms with Gasteiger partial charge in [-0.2, -0.15) is 0 Å². The van der Waals surface area contributed by atoms with E-state index in [-0.39, 0.29) is 40.8 Å². The Balaban J connectivity index is 0.912. The number of fused-ring (bicyclic) bond motifs is 13. The van der Waals surface area contributed by atoms with Crippen molar-refractivity contribution in [3.8, 4) is 17.1 Å². The molecule has 590 valence electrons. The van der Waals surface area contributed by atoms with Crippen LogP contribution in [0.4, 0.5) is 22.7 Å². The topological polar surface area (TPSA) is 21.3 Å². The molecule has 8 aliphatic carbocycles. The number of hydrogen-bond donors (Lipinski definition) is 0. The van der Waals surface area contributed by atoms with Crippen LogP contribution in [-0.4, -0.2) is 26.5 Å². The summed E-state index contributed by atoms with van der Waals surface area (Å²) in [7, 11) is 0. The summed E-state index contributed by atoms with van der Waals surface area (Å²) in [6.45, 7) is 21.4. The smallest absolute Gasteiger partial charge is 0.252 e. The fraction of sp³-hybridized carbons (Fsp3) is 0.246. The molecule has 0 saturated heterocycles. The van der Waals surface area contributed by atoms with E-state index in [1.54, 1.807) is 0 Å². The van der Waals surface area contributed by atoms with E-state index in [4.69, 9.17) is 0 Å². The number of allylic oxidation sites excluding steroid dienone is 27. The molecule has 5 heterocycles. The maximum absolute atomic E-state index is 2.98. The predicted molar refractivity (Wildman–Crippen MR) is 512 cm³/mol. The largest absolute Gasteiger partial charge is 0.334 e. The van der Waals surface area contributed by atoms with Crippen LogP contribution in [0.5, 0.6) is 0 Å². The summed E-state index contributed by atoms with van der Waals surface area (Å²) in [5.74, 6) is 0.785. The fourth-order valence-electron chi connectivity index (χ4n) is 22.2. The average molecular weight is 1560 g/mol. The highest BCUT2D eigenvalue weighted by Gasteiger charge is 2.50. The van der Waals surface area contributed by atoms with Gasteiger partial charge in [-0.15, -0.1) is 0 Å². The van der Waals surface area contributed by atoms with Gasteiger partial charge in [-0.25, -0.2) is 0 Å². The first-order valence-corrected chi connectivity index (χ1v) is 44.6. The Morgan fingerprint density at radius 3 is 1.52 bits per heavy atom. The van der Waals surface area contributed by atoms with E-state index in [2.05, 4.69) is 401 Å². The summed E-state index contributed by atoms with van der Waals surface area (Å²) in [6, 6.07) is 72.1. The van der Waals surface area contributed by atoms with Crippen LogP contribution < -0.4 is 26.2 Å². The van der Waals surface area contributed by atoms with Gasteiger partial charge in [0.15, 0.2) is 0 Å². The van der Waals surface area contributed by atoms with E-state index in [1.807, 2.05) is 0 Å². The summed E-state index contributed by atoms with van der Waals surface area (Å²) in [5, 5.41) is 7.58. The monoisotopic (exact) mass is 1560 g/mol. The standard InChI is InChI=1S/C114H106BN5/c1-112(2,3)81-55-61-103-95(65-81)96-66-82(113(4,5)6)56-62-104(96)118(103)86-71-107-109-108(72-86)120(111-93(75-37-18-12-19-38-75)67-83(114(7,8)9)68-94(111)76-39-20-13-21-40-76)106-70-85(117-101-53-28-24-47-91(101)92-48-25-29-54-102(92)117)58-60-98(106)115(109)97-59-57-84(116-99-51-26-22-45-89(99)90-46-23-27-52-100(90)116)69-105(97)119(107)110-87(79-43-30-41-77(63-79)73-33-14-10-15-34-73)49-32-50-88(110)80-44-31-42-78(64-80)74-35-16-11-17-36-74/h10-12,14-16,18,20,22-31,33,35,37,39-48,50-62,65-73,77,80,94,111H,13,17,19,21,32,34,36,38,49,63-64H2,1-9H3. The molecular formula is C114H106BN5. The third-order valence-electron chi connectivity index (χ3n) is 28.3. The lowest BCUT2D eigenvalue weighted by Gasteiger charge is -2.51. The lowest BCUT2D eigenvalue weighted by molar-refractivity contribution is 0.468. The van der Waals surface area contributed by atoms with Crippen LogP contribution in [0.3, 0.4) is 0 Å². The van der Waals surface area contributed by atoms with Crippen molar-refractivity contribution in [3.63, 3.8) is 0 Å². The molecule has 0 amide bonds. The van der Waals surface area contributed by atoms with Gasteiger partial charge in [-0.1, -0.05) is 293 Å². The van der Waals surface area contributed by atoms with Gasteiger partial charge in [-0.3, -0.25) is 0 Å². The number of hydrogen-bond acceptors (Lipinski definition) is 2. The zero-order valence-corrected chi connectivity index (χ0v) is 71.0. The van der Waals surface area contributed by atoms with Crippen molar-refractivity contribution in [2.45, 2.75) is 150 Å². The van der Waals surface area contributed by atoms with Crippen molar-refractivity contribution in [2.24, 2.45) is 29.1 Å². The first-order valence-electron chi connectivity index (χ1n) is 44.6. The molecule has 0 bridgehead atoms. The maximum atomic E-state index is 2.98. The summed E-state index contributed by atoms with van der Waals surface area (Å²) < 4.78 is 7.86. The molecule has 0 fully saturated rings. The molecule has 0 spiro atoms. The van der Waals surface area contributed by atoms with Crippen LogP contribution >= 0.6 is 0 Å². The Labute approximate surface area is 708 Å². The van der Waals surface area contributed by atoms with E-state index in [0.717, 1.165) is 87.7 Å². The molecule has 5 unspecified atom stereocenters. The van der Waals surface area contributed by atoms with Crippen molar-refractivity contribution in [1.82, 2.24) is 13.7 Å². The average Bonchev–Trinajstić information content (AvgIpc) is 0.883. The predicted octanol–water partition coefficient (Wildman–Crippen LogP) is 27.8.